The highest BCUT2D eigenvalue weighted by Crippen LogP contribution is 2.17. The molecule has 0 amide bonds. The van der Waals surface area contributed by atoms with Gasteiger partial charge in [-0.3, -0.25) is 9.48 Å². The molecule has 1 aromatic carbocycles. The van der Waals surface area contributed by atoms with Gasteiger partial charge in [-0.25, -0.2) is 4.79 Å². The fourth-order valence-corrected chi connectivity index (χ4v) is 3.27. The zero-order valence-corrected chi connectivity index (χ0v) is 14.9. The lowest BCUT2D eigenvalue weighted by molar-refractivity contribution is 0.0474. The zero-order valence-electron chi connectivity index (χ0n) is 14.1. The van der Waals surface area contributed by atoms with E-state index < -0.39 is 5.97 Å². The second kappa shape index (κ2) is 7.44. The second-order valence-electron chi connectivity index (χ2n) is 5.67. The minimum absolute atomic E-state index is 0.199. The molecule has 3 rings (SSSR count). The van der Waals surface area contributed by atoms with E-state index in [2.05, 4.69) is 5.10 Å². The number of ether oxygens (including phenoxy) is 1. The number of thiophene rings is 1. The van der Waals surface area contributed by atoms with Crippen LogP contribution in [0.3, 0.4) is 0 Å². The molecule has 5 nitrogen and oxygen atoms in total. The molecule has 0 radical (unpaired) electrons. The van der Waals surface area contributed by atoms with Gasteiger partial charge in [0.05, 0.1) is 22.8 Å². The van der Waals surface area contributed by atoms with Crippen molar-refractivity contribution in [2.24, 2.45) is 0 Å². The van der Waals surface area contributed by atoms with Gasteiger partial charge in [-0.2, -0.15) is 5.10 Å². The topological polar surface area (TPSA) is 61.2 Å². The van der Waals surface area contributed by atoms with Crippen molar-refractivity contribution in [3.63, 3.8) is 0 Å². The van der Waals surface area contributed by atoms with Crippen LogP contribution >= 0.6 is 11.3 Å². The smallest absolute Gasteiger partial charge is 0.342 e. The quantitative estimate of drug-likeness (QED) is 0.501. The van der Waals surface area contributed by atoms with Gasteiger partial charge in [0.15, 0.2) is 6.61 Å². The Balaban J connectivity index is 1.71. The lowest BCUT2D eigenvalue weighted by Crippen LogP contribution is -2.15. The maximum Gasteiger partial charge on any atom is 0.342 e. The van der Waals surface area contributed by atoms with E-state index >= 15 is 0 Å². The zero-order chi connectivity index (χ0) is 17.8. The molecule has 0 saturated heterocycles. The van der Waals surface area contributed by atoms with Crippen molar-refractivity contribution in [3.05, 3.63) is 75.2 Å². The van der Waals surface area contributed by atoms with E-state index in [4.69, 9.17) is 4.74 Å². The van der Waals surface area contributed by atoms with Crippen LogP contribution in [0.4, 0.5) is 0 Å². The van der Waals surface area contributed by atoms with Crippen molar-refractivity contribution in [3.8, 4) is 0 Å². The molecular formula is C19H18N2O3S. The van der Waals surface area contributed by atoms with Crippen LogP contribution in [0.1, 0.15) is 37.0 Å². The third-order valence-electron chi connectivity index (χ3n) is 3.89. The van der Waals surface area contributed by atoms with Crippen LogP contribution in [0.2, 0.25) is 0 Å². The van der Waals surface area contributed by atoms with Gasteiger partial charge in [-0.05, 0) is 30.9 Å². The van der Waals surface area contributed by atoms with Crippen molar-refractivity contribution in [2.45, 2.75) is 20.4 Å². The molecular weight excluding hydrogens is 336 g/mol. The van der Waals surface area contributed by atoms with Crippen LogP contribution in [0, 0.1) is 13.8 Å². The molecule has 0 saturated carbocycles. The number of rotatable bonds is 6. The molecule has 0 aliphatic heterocycles. The fraction of sp³-hybridized carbons (Fsp3) is 0.211. The summed E-state index contributed by atoms with van der Waals surface area (Å²) in [6.07, 6.45) is 0. The minimum Gasteiger partial charge on any atom is -0.454 e. The Morgan fingerprint density at radius 1 is 1.12 bits per heavy atom. The van der Waals surface area contributed by atoms with E-state index in [0.29, 0.717) is 22.7 Å². The third-order valence-corrected chi connectivity index (χ3v) is 4.80. The normalized spacial score (nSPS) is 10.6. The predicted octanol–water partition coefficient (Wildman–Crippen LogP) is 3.65. The van der Waals surface area contributed by atoms with Crippen LogP contribution < -0.4 is 0 Å². The van der Waals surface area contributed by atoms with Crippen molar-refractivity contribution >= 4 is 23.1 Å². The molecule has 6 heteroatoms. The van der Waals surface area contributed by atoms with E-state index in [0.717, 1.165) is 11.3 Å². The molecule has 2 heterocycles. The van der Waals surface area contributed by atoms with Crippen LogP contribution in [-0.2, 0) is 11.3 Å². The van der Waals surface area contributed by atoms with E-state index in [1.54, 1.807) is 23.7 Å². The Hall–Kier alpha value is -2.73. The monoisotopic (exact) mass is 354 g/mol. The van der Waals surface area contributed by atoms with Crippen LogP contribution in [-0.4, -0.2) is 28.1 Å². The molecule has 0 unspecified atom stereocenters. The molecule has 3 aromatic rings. The molecule has 25 heavy (non-hydrogen) atoms. The summed E-state index contributed by atoms with van der Waals surface area (Å²) in [5.74, 6) is -0.713. The number of hydrogen-bond donors (Lipinski definition) is 0. The lowest BCUT2D eigenvalue weighted by Gasteiger charge is -2.06. The number of ketones is 1. The lowest BCUT2D eigenvalue weighted by atomic mass is 10.2. The van der Waals surface area contributed by atoms with E-state index in [1.165, 1.54) is 11.3 Å². The summed E-state index contributed by atoms with van der Waals surface area (Å²) in [6, 6.07) is 13.4. The first-order valence-corrected chi connectivity index (χ1v) is 8.76. The molecule has 2 aromatic heterocycles. The van der Waals surface area contributed by atoms with E-state index in [9.17, 15) is 9.59 Å². The summed E-state index contributed by atoms with van der Waals surface area (Å²) >= 11 is 1.33. The summed E-state index contributed by atoms with van der Waals surface area (Å²) in [5.41, 5.74) is 2.85. The number of esters is 1. The maximum absolute atomic E-state index is 12.4. The number of Topliss-reactive ketones (excluding diaryl/α,β-unsaturated/α-hetero) is 1. The summed E-state index contributed by atoms with van der Waals surface area (Å²) in [4.78, 5) is 25.0. The molecule has 0 aliphatic rings. The van der Waals surface area contributed by atoms with Crippen molar-refractivity contribution < 1.29 is 14.3 Å². The van der Waals surface area contributed by atoms with Gasteiger partial charge in [0, 0.05) is 0 Å². The Labute approximate surface area is 149 Å². The van der Waals surface area contributed by atoms with Gasteiger partial charge in [0.25, 0.3) is 0 Å². The van der Waals surface area contributed by atoms with Gasteiger partial charge >= 0.3 is 5.97 Å². The number of carbonyl (C=O) groups excluding carboxylic acids is 2. The number of benzene rings is 1. The summed E-state index contributed by atoms with van der Waals surface area (Å²) < 4.78 is 6.98. The second-order valence-corrected chi connectivity index (χ2v) is 6.61. The number of aromatic nitrogens is 2. The molecule has 0 fully saturated rings. The van der Waals surface area contributed by atoms with Gasteiger partial charge in [-0.1, -0.05) is 36.4 Å². The van der Waals surface area contributed by atoms with Crippen LogP contribution in [0.25, 0.3) is 0 Å². The highest BCUT2D eigenvalue weighted by atomic mass is 32.1. The van der Waals surface area contributed by atoms with Crippen LogP contribution in [0.15, 0.2) is 47.8 Å². The SMILES string of the molecule is Cc1nn(Cc2ccccc2)c(C)c1C(=O)OCC(=O)c1cccs1. The number of aryl methyl sites for hydroxylation is 1. The Morgan fingerprint density at radius 2 is 1.88 bits per heavy atom. The standard InChI is InChI=1S/C19H18N2O3S/c1-13-18(19(23)24-12-16(22)17-9-6-10-25-17)14(2)21(20-13)11-15-7-4-3-5-8-15/h3-10H,11-12H2,1-2H3. The maximum atomic E-state index is 12.4. The van der Waals surface area contributed by atoms with Gasteiger partial charge < -0.3 is 4.74 Å². The predicted molar refractivity (Wildman–Crippen MR) is 96.2 cm³/mol. The first kappa shape index (κ1) is 17.1. The number of hydrogen-bond acceptors (Lipinski definition) is 5. The minimum atomic E-state index is -0.515. The van der Waals surface area contributed by atoms with E-state index in [1.807, 2.05) is 42.6 Å². The summed E-state index contributed by atoms with van der Waals surface area (Å²) in [5, 5.41) is 6.25. The third kappa shape index (κ3) is 3.85. The molecule has 128 valence electrons. The Bertz CT molecular complexity index is 883. The summed E-state index contributed by atoms with van der Waals surface area (Å²) in [7, 11) is 0. The van der Waals surface area contributed by atoms with Crippen molar-refractivity contribution in [1.29, 1.82) is 0 Å². The first-order valence-electron chi connectivity index (χ1n) is 7.88. The van der Waals surface area contributed by atoms with E-state index in [-0.39, 0.29) is 12.4 Å². The average Bonchev–Trinajstić information content (AvgIpc) is 3.23. The average molecular weight is 354 g/mol. The largest absolute Gasteiger partial charge is 0.454 e. The number of nitrogens with zero attached hydrogens (tertiary/aromatic N) is 2. The summed E-state index contributed by atoms with van der Waals surface area (Å²) in [6.45, 7) is 3.92. The first-order chi connectivity index (χ1) is 12.1. The van der Waals surface area contributed by atoms with Crippen molar-refractivity contribution in [2.75, 3.05) is 6.61 Å². The molecule has 0 atom stereocenters. The fourth-order valence-electron chi connectivity index (χ4n) is 2.61. The highest BCUT2D eigenvalue weighted by molar-refractivity contribution is 7.12. The Kier molecular flexibility index (Phi) is 5.09. The molecule has 0 aliphatic carbocycles. The molecule has 0 spiro atoms. The van der Waals surface area contributed by atoms with Gasteiger partial charge in [-0.15, -0.1) is 11.3 Å². The van der Waals surface area contributed by atoms with Gasteiger partial charge in [0.2, 0.25) is 5.78 Å². The number of carbonyl (C=O) groups is 2. The highest BCUT2D eigenvalue weighted by Gasteiger charge is 2.21. The van der Waals surface area contributed by atoms with Gasteiger partial charge in [0.1, 0.15) is 5.56 Å². The molecule has 0 bridgehead atoms. The van der Waals surface area contributed by atoms with Crippen LogP contribution in [0.5, 0.6) is 0 Å². The Morgan fingerprint density at radius 3 is 2.56 bits per heavy atom. The molecule has 0 N–H and O–H groups in total. The van der Waals surface area contributed by atoms with Crippen molar-refractivity contribution in [1.82, 2.24) is 9.78 Å².